The fraction of sp³-hybridized carbons (Fsp3) is 0.143. The van der Waals surface area contributed by atoms with Crippen LogP contribution in [0.3, 0.4) is 0 Å². The van der Waals surface area contributed by atoms with Gasteiger partial charge in [-0.25, -0.2) is 4.98 Å². The number of nitrogen functional groups attached to an aromatic ring is 1. The lowest BCUT2D eigenvalue weighted by atomic mass is 10.2. The van der Waals surface area contributed by atoms with Crippen molar-refractivity contribution in [1.82, 2.24) is 4.98 Å². The zero-order chi connectivity index (χ0) is 9.84. The van der Waals surface area contributed by atoms with Crippen molar-refractivity contribution in [2.45, 2.75) is 6.61 Å². The summed E-state index contributed by atoms with van der Waals surface area (Å²) in [5.41, 5.74) is 5.21. The molecule has 0 spiro atoms. The number of ether oxygens (including phenoxy) is 1. The van der Waals surface area contributed by atoms with Crippen molar-refractivity contribution in [2.75, 3.05) is 5.73 Å². The number of nitriles is 1. The maximum atomic E-state index is 11.8. The van der Waals surface area contributed by atoms with Gasteiger partial charge in [0.05, 0.1) is 5.69 Å². The van der Waals surface area contributed by atoms with Crippen molar-refractivity contribution in [3.8, 4) is 11.9 Å². The highest BCUT2D eigenvalue weighted by Crippen LogP contribution is 2.21. The zero-order valence-electron chi connectivity index (χ0n) is 6.37. The van der Waals surface area contributed by atoms with Crippen molar-refractivity contribution in [3.63, 3.8) is 0 Å². The number of nitrogens with two attached hydrogens (primary N) is 1. The highest BCUT2D eigenvalue weighted by atomic mass is 19.3. The summed E-state index contributed by atoms with van der Waals surface area (Å²) in [6, 6.07) is 2.95. The average molecular weight is 185 g/mol. The summed E-state index contributed by atoms with van der Waals surface area (Å²) < 4.78 is 27.5. The number of alkyl halides is 2. The van der Waals surface area contributed by atoms with Crippen molar-refractivity contribution in [1.29, 1.82) is 5.26 Å². The van der Waals surface area contributed by atoms with E-state index in [1.807, 2.05) is 0 Å². The molecule has 0 radical (unpaired) electrons. The molecule has 6 heteroatoms. The highest BCUT2D eigenvalue weighted by molar-refractivity contribution is 5.57. The summed E-state index contributed by atoms with van der Waals surface area (Å²) in [4.78, 5) is 3.45. The predicted octanol–water partition coefficient (Wildman–Crippen LogP) is 1.14. The monoisotopic (exact) mass is 185 g/mol. The number of anilines is 1. The van der Waals surface area contributed by atoms with Gasteiger partial charge < -0.3 is 10.5 Å². The van der Waals surface area contributed by atoms with E-state index >= 15 is 0 Å². The van der Waals surface area contributed by atoms with Crippen LogP contribution in [0.1, 0.15) is 5.56 Å². The molecule has 68 valence electrons. The summed E-state index contributed by atoms with van der Waals surface area (Å²) in [5.74, 6) is -0.447. The van der Waals surface area contributed by atoms with Crippen LogP contribution >= 0.6 is 0 Å². The van der Waals surface area contributed by atoms with Crippen LogP contribution in [0.5, 0.6) is 5.88 Å². The van der Waals surface area contributed by atoms with E-state index < -0.39 is 12.5 Å². The molecule has 0 aliphatic heterocycles. The van der Waals surface area contributed by atoms with Crippen LogP contribution in [0.4, 0.5) is 14.5 Å². The zero-order valence-corrected chi connectivity index (χ0v) is 6.37. The van der Waals surface area contributed by atoms with Gasteiger partial charge in [-0.05, 0) is 6.07 Å². The molecule has 0 aromatic carbocycles. The minimum Gasteiger partial charge on any atom is -0.415 e. The van der Waals surface area contributed by atoms with Crippen LogP contribution in [0.25, 0.3) is 0 Å². The van der Waals surface area contributed by atoms with Crippen molar-refractivity contribution in [3.05, 3.63) is 17.8 Å². The van der Waals surface area contributed by atoms with Crippen LogP contribution in [0.15, 0.2) is 12.3 Å². The van der Waals surface area contributed by atoms with E-state index in [0.29, 0.717) is 0 Å². The number of hydrogen-bond acceptors (Lipinski definition) is 4. The lowest BCUT2D eigenvalue weighted by Gasteiger charge is -2.05. The molecule has 1 heterocycles. The molecule has 13 heavy (non-hydrogen) atoms. The number of hydrogen-bond donors (Lipinski definition) is 1. The smallest absolute Gasteiger partial charge is 0.388 e. The van der Waals surface area contributed by atoms with Crippen LogP contribution in [0.2, 0.25) is 0 Å². The molecule has 0 fully saturated rings. The molecule has 0 saturated heterocycles. The molecule has 0 amide bonds. The van der Waals surface area contributed by atoms with Gasteiger partial charge in [-0.3, -0.25) is 0 Å². The molecule has 1 rings (SSSR count). The Kier molecular flexibility index (Phi) is 2.59. The highest BCUT2D eigenvalue weighted by Gasteiger charge is 2.12. The maximum Gasteiger partial charge on any atom is 0.388 e. The summed E-state index contributed by atoms with van der Waals surface area (Å²) in [6.45, 7) is -3.01. The van der Waals surface area contributed by atoms with Crippen LogP contribution in [-0.4, -0.2) is 11.6 Å². The second-order valence-corrected chi connectivity index (χ2v) is 2.07. The molecule has 0 aliphatic rings. The van der Waals surface area contributed by atoms with Gasteiger partial charge in [0.1, 0.15) is 11.6 Å². The molecule has 2 N–H and O–H groups in total. The molecule has 4 nitrogen and oxygen atoms in total. The molecule has 0 unspecified atom stereocenters. The lowest BCUT2D eigenvalue weighted by molar-refractivity contribution is -0.0529. The van der Waals surface area contributed by atoms with Crippen molar-refractivity contribution < 1.29 is 13.5 Å². The quantitative estimate of drug-likeness (QED) is 0.749. The fourth-order valence-electron chi connectivity index (χ4n) is 0.743. The Morgan fingerprint density at radius 1 is 1.62 bits per heavy atom. The number of nitrogens with zero attached hydrogens (tertiary/aromatic N) is 2. The van der Waals surface area contributed by atoms with E-state index in [0.717, 1.165) is 0 Å². The lowest BCUT2D eigenvalue weighted by Crippen LogP contribution is -2.06. The van der Waals surface area contributed by atoms with Crippen LogP contribution < -0.4 is 10.5 Å². The van der Waals surface area contributed by atoms with E-state index in [4.69, 9.17) is 11.0 Å². The molecule has 1 aromatic heterocycles. The van der Waals surface area contributed by atoms with E-state index in [2.05, 4.69) is 9.72 Å². The predicted molar refractivity (Wildman–Crippen MR) is 40.0 cm³/mol. The number of halogens is 2. The molecule has 1 aromatic rings. The summed E-state index contributed by atoms with van der Waals surface area (Å²) in [7, 11) is 0. The number of rotatable bonds is 2. The maximum absolute atomic E-state index is 11.8. The van der Waals surface area contributed by atoms with E-state index in [1.165, 1.54) is 12.3 Å². The third-order valence-corrected chi connectivity index (χ3v) is 1.26. The van der Waals surface area contributed by atoms with Crippen molar-refractivity contribution >= 4 is 5.69 Å². The van der Waals surface area contributed by atoms with E-state index in [-0.39, 0.29) is 11.3 Å². The SMILES string of the molecule is N#Cc1c(N)ccnc1OC(F)F. The first-order chi connectivity index (χ1) is 6.15. The van der Waals surface area contributed by atoms with Crippen LogP contribution in [-0.2, 0) is 0 Å². The van der Waals surface area contributed by atoms with Gasteiger partial charge in [-0.1, -0.05) is 0 Å². The number of pyridine rings is 1. The molecular weight excluding hydrogens is 180 g/mol. The third kappa shape index (κ3) is 2.02. The minimum atomic E-state index is -3.01. The Morgan fingerprint density at radius 3 is 2.85 bits per heavy atom. The fourth-order valence-corrected chi connectivity index (χ4v) is 0.743. The molecular formula is C7H5F2N3O. The Morgan fingerprint density at radius 2 is 2.31 bits per heavy atom. The minimum absolute atomic E-state index is 0.0631. The molecule has 0 aliphatic carbocycles. The standard InChI is InChI=1S/C7H5F2N3O/c8-7(9)13-6-4(3-10)5(11)1-2-12-6/h1-2,7H,(H2,11,12). The third-order valence-electron chi connectivity index (χ3n) is 1.26. The first kappa shape index (κ1) is 9.19. The van der Waals surface area contributed by atoms with Crippen molar-refractivity contribution in [2.24, 2.45) is 0 Å². The second kappa shape index (κ2) is 3.67. The molecule has 0 bridgehead atoms. The van der Waals surface area contributed by atoms with Gasteiger partial charge in [-0.15, -0.1) is 0 Å². The van der Waals surface area contributed by atoms with E-state index in [1.54, 1.807) is 6.07 Å². The van der Waals surface area contributed by atoms with Gasteiger partial charge in [0.2, 0.25) is 5.88 Å². The topological polar surface area (TPSA) is 71.9 Å². The summed E-state index contributed by atoms with van der Waals surface area (Å²) in [6.07, 6.45) is 1.19. The first-order valence-electron chi connectivity index (χ1n) is 3.24. The first-order valence-corrected chi connectivity index (χ1v) is 3.24. The Labute approximate surface area is 72.6 Å². The summed E-state index contributed by atoms with van der Waals surface area (Å²) in [5, 5.41) is 8.52. The second-order valence-electron chi connectivity index (χ2n) is 2.07. The molecule has 0 saturated carbocycles. The normalized spacial score (nSPS) is 9.69. The summed E-state index contributed by atoms with van der Waals surface area (Å²) >= 11 is 0. The Bertz CT molecular complexity index is 348. The van der Waals surface area contributed by atoms with Gasteiger partial charge in [0, 0.05) is 6.20 Å². The van der Waals surface area contributed by atoms with Gasteiger partial charge >= 0.3 is 6.61 Å². The Hall–Kier alpha value is -1.90. The average Bonchev–Trinajstić information content (AvgIpc) is 2.03. The number of aromatic nitrogens is 1. The Balaban J connectivity index is 3.07. The largest absolute Gasteiger partial charge is 0.415 e. The molecule has 0 atom stereocenters. The van der Waals surface area contributed by atoms with Gasteiger partial charge in [0.15, 0.2) is 0 Å². The van der Waals surface area contributed by atoms with Gasteiger partial charge in [-0.2, -0.15) is 14.0 Å². The van der Waals surface area contributed by atoms with E-state index in [9.17, 15) is 8.78 Å². The van der Waals surface area contributed by atoms with Crippen LogP contribution in [0, 0.1) is 11.3 Å². The van der Waals surface area contributed by atoms with Gasteiger partial charge in [0.25, 0.3) is 0 Å².